The Morgan fingerprint density at radius 1 is 1.14 bits per heavy atom. The number of carbonyl (C=O) groups excluding carboxylic acids is 2. The van der Waals surface area contributed by atoms with Gasteiger partial charge in [-0.25, -0.2) is 0 Å². The number of fused-ring (bicyclic) bond motifs is 1. The molecule has 0 saturated carbocycles. The second kappa shape index (κ2) is 9.12. The van der Waals surface area contributed by atoms with Gasteiger partial charge in [-0.2, -0.15) is 0 Å². The fourth-order valence-corrected chi connectivity index (χ4v) is 2.92. The Balaban J connectivity index is 1.43. The molecule has 7 nitrogen and oxygen atoms in total. The molecule has 1 N–H and O–H groups in total. The minimum absolute atomic E-state index is 0.136. The zero-order valence-corrected chi connectivity index (χ0v) is 16.0. The van der Waals surface area contributed by atoms with Crippen molar-refractivity contribution in [3.8, 4) is 17.2 Å². The molecule has 1 aliphatic rings. The van der Waals surface area contributed by atoms with Crippen LogP contribution in [0.1, 0.15) is 13.3 Å². The molecule has 1 unspecified atom stereocenters. The van der Waals surface area contributed by atoms with Gasteiger partial charge in [0, 0.05) is 13.0 Å². The van der Waals surface area contributed by atoms with E-state index in [9.17, 15) is 9.59 Å². The number of hydrogen-bond acceptors (Lipinski definition) is 5. The zero-order chi connectivity index (χ0) is 19.9. The van der Waals surface area contributed by atoms with E-state index in [4.69, 9.17) is 14.2 Å². The van der Waals surface area contributed by atoms with Crippen molar-refractivity contribution in [3.05, 3.63) is 48.5 Å². The number of methoxy groups -OCH3 is 1. The van der Waals surface area contributed by atoms with Crippen LogP contribution in [0.15, 0.2) is 48.5 Å². The van der Waals surface area contributed by atoms with Crippen LogP contribution in [0.5, 0.6) is 17.2 Å². The molecule has 1 aliphatic heterocycles. The summed E-state index contributed by atoms with van der Waals surface area (Å²) in [5.74, 6) is 1.84. The second-order valence-electron chi connectivity index (χ2n) is 6.34. The summed E-state index contributed by atoms with van der Waals surface area (Å²) >= 11 is 0. The molecule has 148 valence electrons. The minimum atomic E-state index is -0.559. The van der Waals surface area contributed by atoms with E-state index in [1.54, 1.807) is 18.9 Å². The Morgan fingerprint density at radius 2 is 1.86 bits per heavy atom. The highest BCUT2D eigenvalue weighted by atomic mass is 16.5. The number of para-hydroxylation sites is 2. The molecule has 7 heteroatoms. The molecule has 0 spiro atoms. The minimum Gasteiger partial charge on any atom is -0.497 e. The molecule has 0 aliphatic carbocycles. The van der Waals surface area contributed by atoms with Crippen molar-refractivity contribution < 1.29 is 23.8 Å². The monoisotopic (exact) mass is 384 g/mol. The van der Waals surface area contributed by atoms with E-state index < -0.39 is 6.10 Å². The Morgan fingerprint density at radius 3 is 2.61 bits per heavy atom. The average molecular weight is 384 g/mol. The zero-order valence-electron chi connectivity index (χ0n) is 16.0. The molecule has 0 radical (unpaired) electrons. The smallest absolute Gasteiger partial charge is 0.267 e. The summed E-state index contributed by atoms with van der Waals surface area (Å²) in [6, 6.07) is 14.6. The predicted octanol–water partition coefficient (Wildman–Crippen LogP) is 2.39. The molecule has 28 heavy (non-hydrogen) atoms. The first-order valence-electron chi connectivity index (χ1n) is 9.19. The van der Waals surface area contributed by atoms with Crippen molar-refractivity contribution in [2.45, 2.75) is 19.4 Å². The molecule has 0 saturated heterocycles. The van der Waals surface area contributed by atoms with Gasteiger partial charge in [0.1, 0.15) is 23.9 Å². The van der Waals surface area contributed by atoms with Crippen LogP contribution in [0.4, 0.5) is 5.69 Å². The lowest BCUT2D eigenvalue weighted by molar-refractivity contribution is -0.125. The highest BCUT2D eigenvalue weighted by Gasteiger charge is 2.31. The van der Waals surface area contributed by atoms with Gasteiger partial charge in [0.05, 0.1) is 19.3 Å². The maximum Gasteiger partial charge on any atom is 0.267 e. The number of hydrogen-bond donors (Lipinski definition) is 1. The molecule has 3 rings (SSSR count). The van der Waals surface area contributed by atoms with Crippen LogP contribution in [0.3, 0.4) is 0 Å². The lowest BCUT2D eigenvalue weighted by atomic mass is 10.1. The van der Waals surface area contributed by atoms with Gasteiger partial charge in [-0.1, -0.05) is 12.1 Å². The Labute approximate surface area is 164 Å². The first-order valence-corrected chi connectivity index (χ1v) is 9.19. The SMILES string of the molecule is COc1ccc(OCCNC(=O)CCN2C(=O)C(C)Oc3ccccc32)cc1. The largest absolute Gasteiger partial charge is 0.497 e. The number of nitrogens with zero attached hydrogens (tertiary/aromatic N) is 1. The van der Waals surface area contributed by atoms with Crippen molar-refractivity contribution in [1.82, 2.24) is 5.32 Å². The molecule has 1 atom stereocenters. The first kappa shape index (κ1) is 19.5. The summed E-state index contributed by atoms with van der Waals surface area (Å²) in [5, 5.41) is 2.81. The van der Waals surface area contributed by atoms with E-state index in [-0.39, 0.29) is 18.2 Å². The molecule has 2 aromatic rings. The third kappa shape index (κ3) is 4.73. The van der Waals surface area contributed by atoms with Crippen molar-refractivity contribution in [2.24, 2.45) is 0 Å². The number of rotatable bonds is 8. The van der Waals surface area contributed by atoms with Gasteiger partial charge < -0.3 is 24.4 Å². The van der Waals surface area contributed by atoms with Crippen LogP contribution < -0.4 is 24.4 Å². The van der Waals surface area contributed by atoms with Gasteiger partial charge in [0.15, 0.2) is 6.10 Å². The quantitative estimate of drug-likeness (QED) is 0.707. The topological polar surface area (TPSA) is 77.1 Å². The summed E-state index contributed by atoms with van der Waals surface area (Å²) in [6.45, 7) is 2.75. The lowest BCUT2D eigenvalue weighted by Gasteiger charge is -2.32. The summed E-state index contributed by atoms with van der Waals surface area (Å²) < 4.78 is 16.3. The van der Waals surface area contributed by atoms with Gasteiger partial charge >= 0.3 is 0 Å². The maximum atomic E-state index is 12.4. The molecular formula is C21H24N2O5. The molecule has 2 amide bonds. The number of carbonyl (C=O) groups is 2. The molecule has 0 aromatic heterocycles. The van der Waals surface area contributed by atoms with E-state index >= 15 is 0 Å². The summed E-state index contributed by atoms with van der Waals surface area (Å²) in [5.41, 5.74) is 0.696. The van der Waals surface area contributed by atoms with Crippen LogP contribution in [-0.4, -0.2) is 44.7 Å². The maximum absolute atomic E-state index is 12.4. The van der Waals surface area contributed by atoms with Gasteiger partial charge in [-0.15, -0.1) is 0 Å². The van der Waals surface area contributed by atoms with Crippen LogP contribution in [0, 0.1) is 0 Å². The number of amides is 2. The predicted molar refractivity (Wildman–Crippen MR) is 105 cm³/mol. The highest BCUT2D eigenvalue weighted by Crippen LogP contribution is 2.33. The molecule has 1 heterocycles. The molecule has 0 bridgehead atoms. The Kier molecular flexibility index (Phi) is 6.37. The van der Waals surface area contributed by atoms with E-state index in [1.165, 1.54) is 0 Å². The fraction of sp³-hybridized carbons (Fsp3) is 0.333. The molecular weight excluding hydrogens is 360 g/mol. The fourth-order valence-electron chi connectivity index (χ4n) is 2.92. The van der Waals surface area contributed by atoms with Gasteiger partial charge in [0.2, 0.25) is 5.91 Å². The number of ether oxygens (including phenoxy) is 3. The summed E-state index contributed by atoms with van der Waals surface area (Å²) in [6.07, 6.45) is -0.356. The van der Waals surface area contributed by atoms with Gasteiger partial charge in [-0.05, 0) is 43.3 Å². The van der Waals surface area contributed by atoms with E-state index in [1.807, 2.05) is 48.5 Å². The standard InChI is InChI=1S/C21H24N2O5/c1-15-21(25)23(18-5-3-4-6-19(18)28-15)13-11-20(24)22-12-14-27-17-9-7-16(26-2)8-10-17/h3-10,15H,11-14H2,1-2H3,(H,22,24). The summed E-state index contributed by atoms with van der Waals surface area (Å²) in [4.78, 5) is 26.1. The van der Waals surface area contributed by atoms with Crippen molar-refractivity contribution in [1.29, 1.82) is 0 Å². The average Bonchev–Trinajstić information content (AvgIpc) is 2.72. The normalized spacial score (nSPS) is 15.4. The molecule has 0 fully saturated rings. The third-order valence-electron chi connectivity index (χ3n) is 4.39. The van der Waals surface area contributed by atoms with Crippen LogP contribution in [-0.2, 0) is 9.59 Å². The summed E-state index contributed by atoms with van der Waals surface area (Å²) in [7, 11) is 1.61. The van der Waals surface area contributed by atoms with Crippen LogP contribution in [0.25, 0.3) is 0 Å². The number of anilines is 1. The van der Waals surface area contributed by atoms with Gasteiger partial charge in [-0.3, -0.25) is 9.59 Å². The number of benzene rings is 2. The highest BCUT2D eigenvalue weighted by molar-refractivity contribution is 6.00. The Hall–Kier alpha value is -3.22. The van der Waals surface area contributed by atoms with Crippen LogP contribution >= 0.6 is 0 Å². The van der Waals surface area contributed by atoms with E-state index in [0.29, 0.717) is 36.9 Å². The van der Waals surface area contributed by atoms with E-state index in [2.05, 4.69) is 5.32 Å². The first-order chi connectivity index (χ1) is 13.6. The van der Waals surface area contributed by atoms with Crippen molar-refractivity contribution in [2.75, 3.05) is 31.7 Å². The third-order valence-corrected chi connectivity index (χ3v) is 4.39. The van der Waals surface area contributed by atoms with Gasteiger partial charge in [0.25, 0.3) is 5.91 Å². The van der Waals surface area contributed by atoms with Crippen molar-refractivity contribution in [3.63, 3.8) is 0 Å². The second-order valence-corrected chi connectivity index (χ2v) is 6.34. The van der Waals surface area contributed by atoms with Crippen LogP contribution in [0.2, 0.25) is 0 Å². The van der Waals surface area contributed by atoms with Crippen molar-refractivity contribution >= 4 is 17.5 Å². The lowest BCUT2D eigenvalue weighted by Crippen LogP contribution is -2.45. The number of nitrogens with one attached hydrogen (secondary N) is 1. The Bertz CT molecular complexity index is 822. The van der Waals surface area contributed by atoms with E-state index in [0.717, 1.165) is 5.75 Å². The molecule has 2 aromatic carbocycles.